The van der Waals surface area contributed by atoms with Crippen LogP contribution in [-0.4, -0.2) is 19.7 Å². The van der Waals surface area contributed by atoms with Gasteiger partial charge in [-0.25, -0.2) is 0 Å². The highest BCUT2D eigenvalue weighted by molar-refractivity contribution is 7.07. The van der Waals surface area contributed by atoms with E-state index in [1.807, 2.05) is 0 Å². The first kappa shape index (κ1) is 16.1. The van der Waals surface area contributed by atoms with Gasteiger partial charge < -0.3 is 10.1 Å². The normalized spacial score (nSPS) is 11.6. The molecule has 2 rings (SSSR count). The molecular weight excluding hydrogens is 278 g/mol. The molecule has 1 aromatic carbocycles. The minimum Gasteiger partial charge on any atom is -0.492 e. The fraction of sp³-hybridized carbons (Fsp3) is 0.444. The van der Waals surface area contributed by atoms with Crippen LogP contribution in [0.5, 0.6) is 5.75 Å². The van der Waals surface area contributed by atoms with Gasteiger partial charge in [-0.2, -0.15) is 11.3 Å². The Morgan fingerprint density at radius 1 is 1.05 bits per heavy atom. The number of hydrogen-bond acceptors (Lipinski definition) is 3. The van der Waals surface area contributed by atoms with Gasteiger partial charge in [0.15, 0.2) is 0 Å². The summed E-state index contributed by atoms with van der Waals surface area (Å²) < 4.78 is 5.75. The van der Waals surface area contributed by atoms with Crippen LogP contribution in [0, 0.1) is 0 Å². The number of ether oxygens (including phenoxy) is 1. The van der Waals surface area contributed by atoms with Gasteiger partial charge in [0, 0.05) is 6.54 Å². The summed E-state index contributed by atoms with van der Waals surface area (Å²) >= 11 is 1.76. The zero-order valence-corrected chi connectivity index (χ0v) is 14.0. The predicted molar refractivity (Wildman–Crippen MR) is 91.5 cm³/mol. The molecule has 0 aliphatic carbocycles. The maximum absolute atomic E-state index is 5.75. The predicted octanol–water partition coefficient (Wildman–Crippen LogP) is 4.26. The van der Waals surface area contributed by atoms with E-state index >= 15 is 0 Å². The van der Waals surface area contributed by atoms with Gasteiger partial charge in [-0.15, -0.1) is 0 Å². The van der Waals surface area contributed by atoms with Gasteiger partial charge in [0.2, 0.25) is 0 Å². The second kappa shape index (κ2) is 7.62. The molecule has 1 heterocycles. The molecule has 0 unspecified atom stereocenters. The van der Waals surface area contributed by atoms with Crippen molar-refractivity contribution in [2.45, 2.75) is 32.6 Å². The van der Waals surface area contributed by atoms with Crippen LogP contribution in [0.25, 0.3) is 0 Å². The number of nitrogens with one attached hydrogen (secondary N) is 1. The van der Waals surface area contributed by atoms with Crippen LogP contribution in [0.4, 0.5) is 0 Å². The Balaban J connectivity index is 1.62. The van der Waals surface area contributed by atoms with Gasteiger partial charge in [-0.1, -0.05) is 32.9 Å². The molecule has 0 fully saturated rings. The van der Waals surface area contributed by atoms with E-state index in [9.17, 15) is 0 Å². The standard InChI is InChI=1S/C18H25NOS/c1-18(2,3)16-4-6-17(7-5-16)20-12-11-19-10-8-15-9-13-21-14-15/h4-7,9,13-14,19H,8,10-12H2,1-3H3. The van der Waals surface area contributed by atoms with Gasteiger partial charge in [0.1, 0.15) is 12.4 Å². The molecule has 2 aromatic rings. The third kappa shape index (κ3) is 5.52. The minimum absolute atomic E-state index is 0.196. The molecule has 2 nitrogen and oxygen atoms in total. The molecular formula is C18H25NOS. The average molecular weight is 303 g/mol. The third-order valence-corrected chi connectivity index (χ3v) is 4.17. The van der Waals surface area contributed by atoms with Crippen molar-refractivity contribution in [1.29, 1.82) is 0 Å². The van der Waals surface area contributed by atoms with Crippen LogP contribution in [-0.2, 0) is 11.8 Å². The average Bonchev–Trinajstić information content (AvgIpc) is 2.95. The molecule has 0 saturated heterocycles. The number of benzene rings is 1. The zero-order chi connectivity index (χ0) is 15.1. The van der Waals surface area contributed by atoms with Crippen molar-refractivity contribution in [2.75, 3.05) is 19.7 Å². The molecule has 0 amide bonds. The topological polar surface area (TPSA) is 21.3 Å². The SMILES string of the molecule is CC(C)(C)c1ccc(OCCNCCc2ccsc2)cc1. The molecule has 0 radical (unpaired) electrons. The zero-order valence-electron chi connectivity index (χ0n) is 13.2. The molecule has 0 aliphatic heterocycles. The molecule has 21 heavy (non-hydrogen) atoms. The van der Waals surface area contributed by atoms with Crippen molar-refractivity contribution >= 4 is 11.3 Å². The molecule has 3 heteroatoms. The van der Waals surface area contributed by atoms with E-state index in [1.165, 1.54) is 11.1 Å². The van der Waals surface area contributed by atoms with Crippen molar-refractivity contribution in [3.63, 3.8) is 0 Å². The first-order valence-corrected chi connectivity index (χ1v) is 8.45. The summed E-state index contributed by atoms with van der Waals surface area (Å²) in [6.07, 6.45) is 1.09. The van der Waals surface area contributed by atoms with Crippen molar-refractivity contribution in [3.8, 4) is 5.75 Å². The molecule has 1 aromatic heterocycles. The summed E-state index contributed by atoms with van der Waals surface area (Å²) in [4.78, 5) is 0. The quantitative estimate of drug-likeness (QED) is 0.772. The summed E-state index contributed by atoms with van der Waals surface area (Å²) in [7, 11) is 0. The Morgan fingerprint density at radius 3 is 2.43 bits per heavy atom. The van der Waals surface area contributed by atoms with Gasteiger partial charge in [0.05, 0.1) is 0 Å². The highest BCUT2D eigenvalue weighted by Gasteiger charge is 2.12. The van der Waals surface area contributed by atoms with Crippen LogP contribution in [0.15, 0.2) is 41.1 Å². The second-order valence-corrected chi connectivity index (χ2v) is 7.03. The Morgan fingerprint density at radius 2 is 1.81 bits per heavy atom. The highest BCUT2D eigenvalue weighted by Crippen LogP contribution is 2.24. The number of thiophene rings is 1. The van der Waals surface area contributed by atoms with Crippen molar-refractivity contribution in [2.24, 2.45) is 0 Å². The first-order chi connectivity index (χ1) is 10.1. The number of rotatable bonds is 7. The van der Waals surface area contributed by atoms with Crippen LogP contribution in [0.1, 0.15) is 31.9 Å². The summed E-state index contributed by atoms with van der Waals surface area (Å²) in [6, 6.07) is 10.6. The lowest BCUT2D eigenvalue weighted by Crippen LogP contribution is -2.23. The molecule has 0 bridgehead atoms. The fourth-order valence-corrected chi connectivity index (χ4v) is 2.79. The van der Waals surface area contributed by atoms with E-state index in [1.54, 1.807) is 11.3 Å². The third-order valence-electron chi connectivity index (χ3n) is 3.44. The van der Waals surface area contributed by atoms with Crippen LogP contribution in [0.2, 0.25) is 0 Å². The fourth-order valence-electron chi connectivity index (χ4n) is 2.08. The van der Waals surface area contributed by atoms with E-state index in [2.05, 4.69) is 67.2 Å². The van der Waals surface area contributed by atoms with Gasteiger partial charge in [0.25, 0.3) is 0 Å². The Kier molecular flexibility index (Phi) is 5.83. The van der Waals surface area contributed by atoms with E-state index in [-0.39, 0.29) is 5.41 Å². The van der Waals surface area contributed by atoms with Gasteiger partial charge in [-0.05, 0) is 58.5 Å². The van der Waals surface area contributed by atoms with Crippen LogP contribution < -0.4 is 10.1 Å². The lowest BCUT2D eigenvalue weighted by Gasteiger charge is -2.19. The van der Waals surface area contributed by atoms with Gasteiger partial charge >= 0.3 is 0 Å². The largest absolute Gasteiger partial charge is 0.492 e. The highest BCUT2D eigenvalue weighted by atomic mass is 32.1. The van der Waals surface area contributed by atoms with E-state index in [4.69, 9.17) is 4.74 Å². The molecule has 0 atom stereocenters. The van der Waals surface area contributed by atoms with Crippen molar-refractivity contribution in [3.05, 3.63) is 52.2 Å². The maximum atomic E-state index is 5.75. The lowest BCUT2D eigenvalue weighted by atomic mass is 9.87. The van der Waals surface area contributed by atoms with Crippen molar-refractivity contribution < 1.29 is 4.74 Å². The maximum Gasteiger partial charge on any atom is 0.119 e. The van der Waals surface area contributed by atoms with Crippen LogP contribution in [0.3, 0.4) is 0 Å². The molecule has 1 N–H and O–H groups in total. The lowest BCUT2D eigenvalue weighted by molar-refractivity contribution is 0.314. The summed E-state index contributed by atoms with van der Waals surface area (Å²) in [6.45, 7) is 9.26. The Hall–Kier alpha value is -1.32. The van der Waals surface area contributed by atoms with E-state index in [0.29, 0.717) is 6.61 Å². The van der Waals surface area contributed by atoms with Crippen molar-refractivity contribution in [1.82, 2.24) is 5.32 Å². The number of hydrogen-bond donors (Lipinski definition) is 1. The van der Waals surface area contributed by atoms with Gasteiger partial charge in [-0.3, -0.25) is 0 Å². The minimum atomic E-state index is 0.196. The molecule has 114 valence electrons. The molecule has 0 aliphatic rings. The summed E-state index contributed by atoms with van der Waals surface area (Å²) in [5.41, 5.74) is 2.94. The second-order valence-electron chi connectivity index (χ2n) is 6.25. The molecule has 0 spiro atoms. The first-order valence-electron chi connectivity index (χ1n) is 7.51. The monoisotopic (exact) mass is 303 g/mol. The van der Waals surface area contributed by atoms with E-state index < -0.39 is 0 Å². The summed E-state index contributed by atoms with van der Waals surface area (Å²) in [5.74, 6) is 0.947. The van der Waals surface area contributed by atoms with E-state index in [0.717, 1.165) is 25.3 Å². The smallest absolute Gasteiger partial charge is 0.119 e. The Bertz CT molecular complexity index is 511. The van der Waals surface area contributed by atoms with Crippen LogP contribution >= 0.6 is 11.3 Å². The summed E-state index contributed by atoms with van der Waals surface area (Å²) in [5, 5.41) is 7.74. The molecule has 0 saturated carbocycles. The Labute approximate surface area is 132 Å².